The summed E-state index contributed by atoms with van der Waals surface area (Å²) >= 11 is 0. The van der Waals surface area contributed by atoms with Gasteiger partial charge in [-0.15, -0.1) is 0 Å². The second-order valence-electron chi connectivity index (χ2n) is 6.90. The van der Waals surface area contributed by atoms with Crippen LogP contribution < -0.4 is 5.32 Å². The van der Waals surface area contributed by atoms with E-state index in [0.717, 1.165) is 5.56 Å². The van der Waals surface area contributed by atoms with Crippen molar-refractivity contribution in [2.45, 2.75) is 26.4 Å². The minimum absolute atomic E-state index is 0.159. The molecule has 0 aliphatic carbocycles. The highest BCUT2D eigenvalue weighted by atomic mass is 19.1. The van der Waals surface area contributed by atoms with Crippen molar-refractivity contribution in [2.75, 3.05) is 7.05 Å². The van der Waals surface area contributed by atoms with Gasteiger partial charge in [-0.05, 0) is 47.9 Å². The molecule has 2 rings (SSSR count). The molecule has 6 nitrogen and oxygen atoms in total. The van der Waals surface area contributed by atoms with Gasteiger partial charge in [0.2, 0.25) is 5.91 Å². The average Bonchev–Trinajstić information content (AvgIpc) is 2.66. The van der Waals surface area contributed by atoms with Crippen LogP contribution in [0.5, 0.6) is 0 Å². The number of carbonyl (C=O) groups is 3. The van der Waals surface area contributed by atoms with Crippen molar-refractivity contribution in [3.63, 3.8) is 0 Å². The first-order chi connectivity index (χ1) is 13.2. The van der Waals surface area contributed by atoms with Gasteiger partial charge in [0.1, 0.15) is 11.9 Å². The smallest absolute Gasteiger partial charge is 0.335 e. The van der Waals surface area contributed by atoms with E-state index in [1.54, 1.807) is 19.2 Å². The lowest BCUT2D eigenvalue weighted by Gasteiger charge is -2.27. The van der Waals surface area contributed by atoms with Crippen LogP contribution >= 0.6 is 0 Å². The van der Waals surface area contributed by atoms with Crippen molar-refractivity contribution < 1.29 is 23.9 Å². The number of hydrogen-bond acceptors (Lipinski definition) is 3. The van der Waals surface area contributed by atoms with E-state index in [1.165, 1.54) is 41.3 Å². The summed E-state index contributed by atoms with van der Waals surface area (Å²) in [6, 6.07) is 10.6. The highest BCUT2D eigenvalue weighted by Crippen LogP contribution is 2.12. The molecule has 0 saturated heterocycles. The van der Waals surface area contributed by atoms with E-state index < -0.39 is 23.7 Å². The molecule has 2 aromatic rings. The van der Waals surface area contributed by atoms with Crippen molar-refractivity contribution in [3.05, 3.63) is 71.0 Å². The molecule has 28 heavy (non-hydrogen) atoms. The number of benzene rings is 2. The lowest BCUT2D eigenvalue weighted by Crippen LogP contribution is -2.50. The third-order valence-electron chi connectivity index (χ3n) is 4.32. The zero-order chi connectivity index (χ0) is 20.8. The molecule has 2 aromatic carbocycles. The monoisotopic (exact) mass is 386 g/mol. The van der Waals surface area contributed by atoms with E-state index >= 15 is 0 Å². The Morgan fingerprint density at radius 3 is 2.04 bits per heavy atom. The summed E-state index contributed by atoms with van der Waals surface area (Å²) in [6.45, 7) is 3.92. The molecule has 1 atom stereocenters. The summed E-state index contributed by atoms with van der Waals surface area (Å²) in [7, 11) is 1.62. The Labute approximate surface area is 163 Å². The molecule has 2 amide bonds. The third-order valence-corrected chi connectivity index (χ3v) is 4.32. The van der Waals surface area contributed by atoms with Gasteiger partial charge in [-0.2, -0.15) is 0 Å². The summed E-state index contributed by atoms with van der Waals surface area (Å²) in [6.07, 6.45) is 0. The van der Waals surface area contributed by atoms with E-state index in [-0.39, 0.29) is 29.5 Å². The van der Waals surface area contributed by atoms with Crippen LogP contribution in [0.2, 0.25) is 0 Å². The lowest BCUT2D eigenvalue weighted by molar-refractivity contribution is -0.133. The third kappa shape index (κ3) is 5.39. The molecule has 148 valence electrons. The summed E-state index contributed by atoms with van der Waals surface area (Å²) in [5, 5.41) is 11.7. The highest BCUT2D eigenvalue weighted by molar-refractivity contribution is 5.97. The number of aromatic carboxylic acids is 1. The van der Waals surface area contributed by atoms with Gasteiger partial charge < -0.3 is 15.3 Å². The Balaban J connectivity index is 2.07. The first kappa shape index (κ1) is 21.1. The number of carbonyl (C=O) groups excluding carboxylic acids is 2. The number of hydrogen-bond donors (Lipinski definition) is 2. The van der Waals surface area contributed by atoms with Crippen LogP contribution in [0, 0.1) is 11.7 Å². The summed E-state index contributed by atoms with van der Waals surface area (Å²) in [4.78, 5) is 37.6. The minimum atomic E-state index is -1.01. The zero-order valence-electron chi connectivity index (χ0n) is 16.0. The molecular weight excluding hydrogens is 363 g/mol. The number of nitrogens with zero attached hydrogens (tertiary/aromatic N) is 1. The maximum Gasteiger partial charge on any atom is 0.335 e. The number of carboxylic acids is 1. The fraction of sp³-hybridized carbons (Fsp3) is 0.286. The standard InChI is InChI=1S/C21H23FN2O4/c1-13(2)18(23-19(25)15-8-10-17(22)11-9-15)20(26)24(3)12-14-4-6-16(7-5-14)21(27)28/h4-11,13,18H,12H2,1-3H3,(H,23,25)(H,27,28). The number of halogens is 1. The molecule has 0 heterocycles. The maximum atomic E-state index is 13.0. The quantitative estimate of drug-likeness (QED) is 0.766. The van der Waals surface area contributed by atoms with Gasteiger partial charge >= 0.3 is 5.97 Å². The van der Waals surface area contributed by atoms with Gasteiger partial charge in [-0.25, -0.2) is 9.18 Å². The van der Waals surface area contributed by atoms with Crippen molar-refractivity contribution in [1.82, 2.24) is 10.2 Å². The van der Waals surface area contributed by atoms with E-state index in [4.69, 9.17) is 5.11 Å². The molecule has 0 aromatic heterocycles. The Kier molecular flexibility index (Phi) is 6.87. The SMILES string of the molecule is CC(C)C(NC(=O)c1ccc(F)cc1)C(=O)N(C)Cc1ccc(C(=O)O)cc1. The topological polar surface area (TPSA) is 86.7 Å². The fourth-order valence-electron chi connectivity index (χ4n) is 2.68. The lowest BCUT2D eigenvalue weighted by atomic mass is 10.0. The zero-order valence-corrected chi connectivity index (χ0v) is 16.0. The minimum Gasteiger partial charge on any atom is -0.478 e. The van der Waals surface area contributed by atoms with Crippen LogP contribution in [-0.2, 0) is 11.3 Å². The van der Waals surface area contributed by atoms with Gasteiger partial charge in [0.05, 0.1) is 5.56 Å². The Hall–Kier alpha value is -3.22. The van der Waals surface area contributed by atoms with Gasteiger partial charge in [0.15, 0.2) is 0 Å². The Bertz CT molecular complexity index is 848. The van der Waals surface area contributed by atoms with Crippen LogP contribution in [0.1, 0.15) is 40.1 Å². The average molecular weight is 386 g/mol. The van der Waals surface area contributed by atoms with Gasteiger partial charge in [0, 0.05) is 19.2 Å². The summed E-state index contributed by atoms with van der Waals surface area (Å²) < 4.78 is 13.0. The summed E-state index contributed by atoms with van der Waals surface area (Å²) in [5.74, 6) is -2.34. The normalized spacial score (nSPS) is 11.8. The van der Waals surface area contributed by atoms with Crippen LogP contribution in [0.25, 0.3) is 0 Å². The number of rotatable bonds is 7. The molecule has 0 aliphatic rings. The second kappa shape index (κ2) is 9.12. The second-order valence-corrected chi connectivity index (χ2v) is 6.90. The van der Waals surface area contributed by atoms with E-state index in [2.05, 4.69) is 5.32 Å². The molecule has 0 radical (unpaired) electrons. The molecule has 2 N–H and O–H groups in total. The first-order valence-electron chi connectivity index (χ1n) is 8.82. The van der Waals surface area contributed by atoms with Crippen molar-refractivity contribution in [1.29, 1.82) is 0 Å². The molecule has 0 spiro atoms. The predicted octanol–water partition coefficient (Wildman–Crippen LogP) is 2.94. The molecule has 7 heteroatoms. The largest absolute Gasteiger partial charge is 0.478 e. The van der Waals surface area contributed by atoms with Gasteiger partial charge in [0.25, 0.3) is 5.91 Å². The maximum absolute atomic E-state index is 13.0. The van der Waals surface area contributed by atoms with Crippen LogP contribution in [-0.4, -0.2) is 40.9 Å². The molecule has 0 fully saturated rings. The number of carboxylic acid groups (broad SMARTS) is 1. The molecule has 1 unspecified atom stereocenters. The molecular formula is C21H23FN2O4. The molecule has 0 bridgehead atoms. The Morgan fingerprint density at radius 2 is 1.54 bits per heavy atom. The van der Waals surface area contributed by atoms with Crippen LogP contribution in [0.15, 0.2) is 48.5 Å². The highest BCUT2D eigenvalue weighted by Gasteiger charge is 2.27. The van der Waals surface area contributed by atoms with Crippen molar-refractivity contribution >= 4 is 17.8 Å². The number of likely N-dealkylation sites (N-methyl/N-ethyl adjacent to an activating group) is 1. The molecule has 0 saturated carbocycles. The van der Waals surface area contributed by atoms with Gasteiger partial charge in [-0.1, -0.05) is 26.0 Å². The van der Waals surface area contributed by atoms with E-state index in [0.29, 0.717) is 0 Å². The fourth-order valence-corrected chi connectivity index (χ4v) is 2.68. The van der Waals surface area contributed by atoms with Crippen LogP contribution in [0.3, 0.4) is 0 Å². The Morgan fingerprint density at radius 1 is 1.00 bits per heavy atom. The van der Waals surface area contributed by atoms with Crippen molar-refractivity contribution in [2.24, 2.45) is 5.92 Å². The van der Waals surface area contributed by atoms with E-state index in [1.807, 2.05) is 13.8 Å². The number of nitrogens with one attached hydrogen (secondary N) is 1. The van der Waals surface area contributed by atoms with Crippen molar-refractivity contribution in [3.8, 4) is 0 Å². The van der Waals surface area contributed by atoms with Crippen LogP contribution in [0.4, 0.5) is 4.39 Å². The summed E-state index contributed by atoms with van der Waals surface area (Å²) in [5.41, 5.74) is 1.21. The number of amides is 2. The first-order valence-corrected chi connectivity index (χ1v) is 8.82. The van der Waals surface area contributed by atoms with Gasteiger partial charge in [-0.3, -0.25) is 9.59 Å². The predicted molar refractivity (Wildman–Crippen MR) is 102 cm³/mol. The molecule has 0 aliphatic heterocycles. The van der Waals surface area contributed by atoms with E-state index in [9.17, 15) is 18.8 Å².